The molecule has 0 aliphatic heterocycles. The van der Waals surface area contributed by atoms with Crippen LogP contribution in [0.25, 0.3) is 0 Å². The fourth-order valence-electron chi connectivity index (χ4n) is 2.78. The summed E-state index contributed by atoms with van der Waals surface area (Å²) in [6, 6.07) is 13.0. The summed E-state index contributed by atoms with van der Waals surface area (Å²) in [5.41, 5.74) is 3.57. The van der Waals surface area contributed by atoms with Crippen molar-refractivity contribution in [2.75, 3.05) is 6.54 Å². The summed E-state index contributed by atoms with van der Waals surface area (Å²) in [5.74, 6) is 0.691. The number of nitrogens with zero attached hydrogens (tertiary/aromatic N) is 2. The molecule has 0 aliphatic rings. The Labute approximate surface area is 184 Å². The van der Waals surface area contributed by atoms with Gasteiger partial charge in [-0.2, -0.15) is 5.10 Å². The molecule has 0 atom stereocenters. The Hall–Kier alpha value is -2.31. The first kappa shape index (κ1) is 21.4. The van der Waals surface area contributed by atoms with Crippen molar-refractivity contribution in [2.45, 2.75) is 33.4 Å². The molecule has 7 heteroatoms. The number of aromatic nitrogens is 2. The van der Waals surface area contributed by atoms with E-state index in [1.807, 2.05) is 67.2 Å². The lowest BCUT2D eigenvalue weighted by Crippen LogP contribution is -2.25. The quantitative estimate of drug-likeness (QED) is 0.448. The first-order valence-corrected chi connectivity index (χ1v) is 10.5. The van der Waals surface area contributed by atoms with Crippen molar-refractivity contribution in [1.82, 2.24) is 15.1 Å². The van der Waals surface area contributed by atoms with Gasteiger partial charge in [-0.3, -0.25) is 9.48 Å². The number of aryl methyl sites for hydroxylation is 3. The number of halogens is 2. The van der Waals surface area contributed by atoms with Crippen LogP contribution >= 0.6 is 27.5 Å². The maximum Gasteiger partial charge on any atom is 0.251 e. The summed E-state index contributed by atoms with van der Waals surface area (Å²) in [6.07, 6.45) is 2.76. The third-order valence-electron chi connectivity index (χ3n) is 4.49. The van der Waals surface area contributed by atoms with Gasteiger partial charge in [0.05, 0.1) is 10.2 Å². The summed E-state index contributed by atoms with van der Waals surface area (Å²) in [4.78, 5) is 12.3. The Bertz CT molecular complexity index is 967. The molecule has 0 saturated carbocycles. The number of nitrogens with one attached hydrogen (secondary N) is 1. The SMILES string of the molecule is Cc1cc(OCc2ccc(C(=O)NCCCn3cc(Br)c(C)n3)cc2)ccc1Cl. The largest absolute Gasteiger partial charge is 0.489 e. The molecular formula is C22H23BrClN3O2. The van der Waals surface area contributed by atoms with Gasteiger partial charge < -0.3 is 10.1 Å². The van der Waals surface area contributed by atoms with Crippen LogP contribution < -0.4 is 10.1 Å². The number of carbonyl (C=O) groups is 1. The Kier molecular flexibility index (Phi) is 7.34. The fourth-order valence-corrected chi connectivity index (χ4v) is 3.21. The minimum Gasteiger partial charge on any atom is -0.489 e. The highest BCUT2D eigenvalue weighted by molar-refractivity contribution is 9.10. The highest BCUT2D eigenvalue weighted by Crippen LogP contribution is 2.22. The third-order valence-corrected chi connectivity index (χ3v) is 5.69. The minimum absolute atomic E-state index is 0.0800. The smallest absolute Gasteiger partial charge is 0.251 e. The molecule has 0 spiro atoms. The van der Waals surface area contributed by atoms with Gasteiger partial charge >= 0.3 is 0 Å². The second-order valence-electron chi connectivity index (χ2n) is 6.83. The van der Waals surface area contributed by atoms with Crippen LogP contribution in [-0.4, -0.2) is 22.2 Å². The van der Waals surface area contributed by atoms with Gasteiger partial charge in [-0.25, -0.2) is 0 Å². The van der Waals surface area contributed by atoms with Gasteiger partial charge in [-0.1, -0.05) is 23.7 Å². The van der Waals surface area contributed by atoms with E-state index in [0.717, 1.165) is 45.0 Å². The molecule has 1 aromatic heterocycles. The fraction of sp³-hybridized carbons (Fsp3) is 0.273. The zero-order valence-electron chi connectivity index (χ0n) is 16.4. The highest BCUT2D eigenvalue weighted by atomic mass is 79.9. The molecule has 0 aliphatic carbocycles. The molecule has 29 heavy (non-hydrogen) atoms. The van der Waals surface area contributed by atoms with Gasteiger partial charge in [0, 0.05) is 29.9 Å². The highest BCUT2D eigenvalue weighted by Gasteiger charge is 2.06. The Morgan fingerprint density at radius 1 is 1.21 bits per heavy atom. The van der Waals surface area contributed by atoms with Crippen LogP contribution in [0.2, 0.25) is 5.02 Å². The topological polar surface area (TPSA) is 56.1 Å². The van der Waals surface area contributed by atoms with Crippen LogP contribution in [0.4, 0.5) is 0 Å². The second kappa shape index (κ2) is 9.94. The standard InChI is InChI=1S/C22H23BrClN3O2/c1-15-12-19(8-9-21(15)24)29-14-17-4-6-18(7-5-17)22(28)25-10-3-11-27-13-20(23)16(2)26-27/h4-9,12-13H,3,10-11,14H2,1-2H3,(H,25,28). The van der Waals surface area contributed by atoms with Crippen molar-refractivity contribution >= 4 is 33.4 Å². The average molecular weight is 477 g/mol. The molecule has 1 N–H and O–H groups in total. The molecule has 0 unspecified atom stereocenters. The van der Waals surface area contributed by atoms with E-state index in [-0.39, 0.29) is 5.91 Å². The van der Waals surface area contributed by atoms with E-state index < -0.39 is 0 Å². The van der Waals surface area contributed by atoms with Gasteiger partial charge in [-0.05, 0) is 77.7 Å². The normalized spacial score (nSPS) is 10.8. The zero-order valence-corrected chi connectivity index (χ0v) is 18.8. The zero-order chi connectivity index (χ0) is 20.8. The number of benzene rings is 2. The van der Waals surface area contributed by atoms with Crippen molar-refractivity contribution in [2.24, 2.45) is 0 Å². The van der Waals surface area contributed by atoms with Gasteiger partial charge in [0.25, 0.3) is 5.91 Å². The van der Waals surface area contributed by atoms with E-state index in [2.05, 4.69) is 26.3 Å². The Morgan fingerprint density at radius 2 is 1.97 bits per heavy atom. The lowest BCUT2D eigenvalue weighted by molar-refractivity contribution is 0.0952. The monoisotopic (exact) mass is 475 g/mol. The number of rotatable bonds is 8. The van der Waals surface area contributed by atoms with Gasteiger partial charge in [0.1, 0.15) is 12.4 Å². The van der Waals surface area contributed by atoms with Crippen LogP contribution in [0.15, 0.2) is 53.1 Å². The van der Waals surface area contributed by atoms with Crippen LogP contribution in [0, 0.1) is 13.8 Å². The Balaban J connectivity index is 1.43. The van der Waals surface area contributed by atoms with Crippen molar-refractivity contribution in [3.63, 3.8) is 0 Å². The van der Waals surface area contributed by atoms with E-state index in [4.69, 9.17) is 16.3 Å². The van der Waals surface area contributed by atoms with Crippen molar-refractivity contribution in [3.05, 3.63) is 80.5 Å². The predicted molar refractivity (Wildman–Crippen MR) is 119 cm³/mol. The molecule has 1 heterocycles. The number of carbonyl (C=O) groups excluding carboxylic acids is 1. The van der Waals surface area contributed by atoms with E-state index in [0.29, 0.717) is 18.7 Å². The van der Waals surface area contributed by atoms with E-state index in [1.54, 1.807) is 0 Å². The average Bonchev–Trinajstić information content (AvgIpc) is 3.04. The summed E-state index contributed by atoms with van der Waals surface area (Å²) in [5, 5.41) is 8.05. The summed E-state index contributed by atoms with van der Waals surface area (Å²) in [7, 11) is 0. The molecule has 1 amide bonds. The first-order chi connectivity index (χ1) is 13.9. The molecule has 3 aromatic rings. The van der Waals surface area contributed by atoms with E-state index >= 15 is 0 Å². The van der Waals surface area contributed by atoms with E-state index in [1.165, 1.54) is 0 Å². The van der Waals surface area contributed by atoms with E-state index in [9.17, 15) is 4.79 Å². The molecular weight excluding hydrogens is 454 g/mol. The molecule has 5 nitrogen and oxygen atoms in total. The number of hydrogen-bond acceptors (Lipinski definition) is 3. The van der Waals surface area contributed by atoms with Crippen molar-refractivity contribution in [3.8, 4) is 5.75 Å². The molecule has 3 rings (SSSR count). The molecule has 0 saturated heterocycles. The van der Waals surface area contributed by atoms with Crippen molar-refractivity contribution < 1.29 is 9.53 Å². The summed E-state index contributed by atoms with van der Waals surface area (Å²) >= 11 is 9.48. The van der Waals surface area contributed by atoms with Crippen LogP contribution in [0.1, 0.15) is 33.6 Å². The summed E-state index contributed by atoms with van der Waals surface area (Å²) in [6.45, 7) is 5.68. The molecule has 2 aromatic carbocycles. The lowest BCUT2D eigenvalue weighted by Gasteiger charge is -2.09. The van der Waals surface area contributed by atoms with Crippen LogP contribution in [-0.2, 0) is 13.2 Å². The van der Waals surface area contributed by atoms with Gasteiger partial charge in [0.2, 0.25) is 0 Å². The van der Waals surface area contributed by atoms with Gasteiger partial charge in [0.15, 0.2) is 0 Å². The van der Waals surface area contributed by atoms with Crippen molar-refractivity contribution in [1.29, 1.82) is 0 Å². The maximum absolute atomic E-state index is 12.3. The molecule has 0 fully saturated rings. The number of amides is 1. The number of ether oxygens (including phenoxy) is 1. The third kappa shape index (κ3) is 6.08. The molecule has 0 bridgehead atoms. The van der Waals surface area contributed by atoms with Crippen LogP contribution in [0.5, 0.6) is 5.75 Å². The molecule has 0 radical (unpaired) electrons. The van der Waals surface area contributed by atoms with Crippen LogP contribution in [0.3, 0.4) is 0 Å². The molecule has 152 valence electrons. The minimum atomic E-state index is -0.0800. The first-order valence-electron chi connectivity index (χ1n) is 9.38. The predicted octanol–water partition coefficient (Wildman–Crippen LogP) is 5.31. The lowest BCUT2D eigenvalue weighted by atomic mass is 10.1. The van der Waals surface area contributed by atoms with Gasteiger partial charge in [-0.15, -0.1) is 0 Å². The summed E-state index contributed by atoms with van der Waals surface area (Å²) < 4.78 is 8.66. The Morgan fingerprint density at radius 3 is 2.62 bits per heavy atom. The number of hydrogen-bond donors (Lipinski definition) is 1. The second-order valence-corrected chi connectivity index (χ2v) is 8.09. The maximum atomic E-state index is 12.3.